The number of rotatable bonds is 4. The van der Waals surface area contributed by atoms with Crippen molar-refractivity contribution in [2.45, 2.75) is 6.42 Å². The Balaban J connectivity index is 2.17. The van der Waals surface area contributed by atoms with Crippen LogP contribution in [0, 0.1) is 0 Å². The number of halogens is 2. The van der Waals surface area contributed by atoms with Crippen LogP contribution in [0.4, 0.5) is 5.69 Å². The van der Waals surface area contributed by atoms with Crippen molar-refractivity contribution < 1.29 is 19.8 Å². The summed E-state index contributed by atoms with van der Waals surface area (Å²) >= 11 is 11.6. The predicted molar refractivity (Wildman–Crippen MR) is 83.9 cm³/mol. The first kappa shape index (κ1) is 16.1. The summed E-state index contributed by atoms with van der Waals surface area (Å²) in [7, 11) is 0. The monoisotopic (exact) mass is 339 g/mol. The van der Waals surface area contributed by atoms with Crippen molar-refractivity contribution in [1.29, 1.82) is 0 Å². The van der Waals surface area contributed by atoms with Crippen LogP contribution in [0.1, 0.15) is 15.9 Å². The number of amides is 1. The highest BCUT2D eigenvalue weighted by Crippen LogP contribution is 2.31. The van der Waals surface area contributed by atoms with E-state index in [1.54, 1.807) is 24.3 Å². The van der Waals surface area contributed by atoms with Crippen molar-refractivity contribution in [3.8, 4) is 5.75 Å². The number of carbonyl (C=O) groups is 2. The number of anilines is 1. The van der Waals surface area contributed by atoms with E-state index >= 15 is 0 Å². The summed E-state index contributed by atoms with van der Waals surface area (Å²) in [6.45, 7) is 0. The molecule has 0 aliphatic rings. The molecule has 0 aliphatic carbocycles. The van der Waals surface area contributed by atoms with Gasteiger partial charge in [-0.1, -0.05) is 35.3 Å². The van der Waals surface area contributed by atoms with Crippen LogP contribution in [0.3, 0.4) is 0 Å². The van der Waals surface area contributed by atoms with Gasteiger partial charge in [0.25, 0.3) is 5.91 Å². The molecule has 114 valence electrons. The minimum absolute atomic E-state index is 0.0190. The molecule has 0 saturated heterocycles. The average molecular weight is 340 g/mol. The van der Waals surface area contributed by atoms with Gasteiger partial charge in [0.1, 0.15) is 5.75 Å². The third-order valence-electron chi connectivity index (χ3n) is 2.84. The lowest BCUT2D eigenvalue weighted by Crippen LogP contribution is -2.12. The van der Waals surface area contributed by atoms with Crippen LogP contribution < -0.4 is 5.32 Å². The zero-order valence-electron chi connectivity index (χ0n) is 11.1. The highest BCUT2D eigenvalue weighted by atomic mass is 35.5. The Morgan fingerprint density at radius 1 is 1.09 bits per heavy atom. The van der Waals surface area contributed by atoms with Crippen molar-refractivity contribution in [3.63, 3.8) is 0 Å². The number of carboxylic acid groups (broad SMARTS) is 1. The van der Waals surface area contributed by atoms with Crippen molar-refractivity contribution >= 4 is 40.8 Å². The van der Waals surface area contributed by atoms with Crippen molar-refractivity contribution in [2.75, 3.05) is 5.32 Å². The third-order valence-corrected chi connectivity index (χ3v) is 3.35. The number of hydrogen-bond acceptors (Lipinski definition) is 3. The molecule has 7 heteroatoms. The molecule has 5 nitrogen and oxygen atoms in total. The lowest BCUT2D eigenvalue weighted by atomic mass is 10.1. The number of phenolic OH excluding ortho intramolecular Hbond substituents is 1. The van der Waals surface area contributed by atoms with Crippen LogP contribution in [0.5, 0.6) is 5.75 Å². The molecule has 0 radical (unpaired) electrons. The molecule has 2 rings (SSSR count). The number of phenols is 1. The van der Waals surface area contributed by atoms with E-state index in [0.29, 0.717) is 11.3 Å². The van der Waals surface area contributed by atoms with Crippen molar-refractivity contribution in [3.05, 3.63) is 57.6 Å². The maximum absolute atomic E-state index is 12.1. The van der Waals surface area contributed by atoms with Crippen LogP contribution in [0.2, 0.25) is 10.0 Å². The standard InChI is InChI=1S/C15H11Cl2NO4/c16-9-6-11(14(21)12(17)7-9)15(22)18-10-3-1-8(2-4-10)5-13(19)20/h1-4,6-7,21H,5H2,(H,18,22)(H,19,20). The Morgan fingerprint density at radius 2 is 1.73 bits per heavy atom. The molecule has 2 aromatic carbocycles. The Hall–Kier alpha value is -2.24. The fourth-order valence-corrected chi connectivity index (χ4v) is 2.31. The van der Waals surface area contributed by atoms with Gasteiger partial charge in [-0.15, -0.1) is 0 Å². The summed E-state index contributed by atoms with van der Waals surface area (Å²) in [4.78, 5) is 22.7. The van der Waals surface area contributed by atoms with Crippen LogP contribution in [-0.4, -0.2) is 22.1 Å². The summed E-state index contributed by atoms with van der Waals surface area (Å²) < 4.78 is 0. The second kappa shape index (κ2) is 6.68. The topological polar surface area (TPSA) is 86.6 Å². The highest BCUT2D eigenvalue weighted by Gasteiger charge is 2.15. The van der Waals surface area contributed by atoms with Gasteiger partial charge < -0.3 is 15.5 Å². The Kier molecular flexibility index (Phi) is 4.90. The second-order valence-electron chi connectivity index (χ2n) is 4.51. The molecule has 0 bridgehead atoms. The fourth-order valence-electron chi connectivity index (χ4n) is 1.82. The summed E-state index contributed by atoms with van der Waals surface area (Å²) in [6.07, 6.45) is -0.0983. The Labute approximate surface area is 136 Å². The van der Waals surface area contributed by atoms with E-state index in [1.807, 2.05) is 0 Å². The number of nitrogens with one attached hydrogen (secondary N) is 1. The van der Waals surface area contributed by atoms with Crippen molar-refractivity contribution in [2.24, 2.45) is 0 Å². The van der Waals surface area contributed by atoms with E-state index < -0.39 is 11.9 Å². The number of benzene rings is 2. The maximum atomic E-state index is 12.1. The van der Waals surface area contributed by atoms with Gasteiger partial charge >= 0.3 is 5.97 Å². The number of aromatic hydroxyl groups is 1. The molecule has 0 unspecified atom stereocenters. The van der Waals surface area contributed by atoms with Crippen LogP contribution in [0.25, 0.3) is 0 Å². The lowest BCUT2D eigenvalue weighted by Gasteiger charge is -2.09. The molecule has 1 amide bonds. The molecule has 0 atom stereocenters. The van der Waals surface area contributed by atoms with Gasteiger partial charge in [-0.2, -0.15) is 0 Å². The van der Waals surface area contributed by atoms with Gasteiger partial charge in [0, 0.05) is 10.7 Å². The summed E-state index contributed by atoms with van der Waals surface area (Å²) in [5.74, 6) is -1.87. The van der Waals surface area contributed by atoms with Crippen molar-refractivity contribution in [1.82, 2.24) is 0 Å². The first-order valence-electron chi connectivity index (χ1n) is 6.17. The third kappa shape index (κ3) is 3.90. The Bertz CT molecular complexity index is 729. The smallest absolute Gasteiger partial charge is 0.307 e. The molecule has 2 aromatic rings. The molecule has 0 aliphatic heterocycles. The number of hydrogen-bond donors (Lipinski definition) is 3. The minimum Gasteiger partial charge on any atom is -0.506 e. The van der Waals surface area contributed by atoms with E-state index in [2.05, 4.69) is 5.32 Å². The zero-order chi connectivity index (χ0) is 16.3. The number of carboxylic acids is 1. The van der Waals surface area contributed by atoms with E-state index in [1.165, 1.54) is 12.1 Å². The summed E-state index contributed by atoms with van der Waals surface area (Å²) in [5, 5.41) is 21.3. The molecule has 0 saturated carbocycles. The van der Waals surface area contributed by atoms with Gasteiger partial charge in [-0.25, -0.2) is 0 Å². The molecule has 0 fully saturated rings. The number of aliphatic carboxylic acids is 1. The van der Waals surface area contributed by atoms with Gasteiger partial charge in [-0.05, 0) is 29.8 Å². The zero-order valence-corrected chi connectivity index (χ0v) is 12.6. The predicted octanol–water partition coefficient (Wildman–Crippen LogP) is 3.58. The summed E-state index contributed by atoms with van der Waals surface area (Å²) in [6, 6.07) is 8.95. The number of carbonyl (C=O) groups excluding carboxylic acids is 1. The van der Waals surface area contributed by atoms with E-state index in [0.717, 1.165) is 0 Å². The SMILES string of the molecule is O=C(O)Cc1ccc(NC(=O)c2cc(Cl)cc(Cl)c2O)cc1. The first-order chi connectivity index (χ1) is 10.4. The molecule has 22 heavy (non-hydrogen) atoms. The normalized spacial score (nSPS) is 10.3. The Morgan fingerprint density at radius 3 is 2.32 bits per heavy atom. The quantitative estimate of drug-likeness (QED) is 0.794. The molecule has 0 spiro atoms. The van der Waals surface area contributed by atoms with Crippen LogP contribution >= 0.6 is 23.2 Å². The average Bonchev–Trinajstić information content (AvgIpc) is 2.44. The fraction of sp³-hybridized carbons (Fsp3) is 0.0667. The second-order valence-corrected chi connectivity index (χ2v) is 5.35. The molecular weight excluding hydrogens is 329 g/mol. The largest absolute Gasteiger partial charge is 0.506 e. The van der Waals surface area contributed by atoms with Gasteiger partial charge in [0.2, 0.25) is 0 Å². The first-order valence-corrected chi connectivity index (χ1v) is 6.92. The van der Waals surface area contributed by atoms with Gasteiger partial charge in [0.15, 0.2) is 0 Å². The van der Waals surface area contributed by atoms with Crippen LogP contribution in [0.15, 0.2) is 36.4 Å². The summed E-state index contributed by atoms with van der Waals surface area (Å²) in [5.41, 5.74) is 1.01. The van der Waals surface area contributed by atoms with Gasteiger partial charge in [-0.3, -0.25) is 9.59 Å². The lowest BCUT2D eigenvalue weighted by molar-refractivity contribution is -0.136. The van der Waals surface area contributed by atoms with E-state index in [-0.39, 0.29) is 27.8 Å². The highest BCUT2D eigenvalue weighted by molar-refractivity contribution is 6.36. The minimum atomic E-state index is -0.935. The molecule has 3 N–H and O–H groups in total. The maximum Gasteiger partial charge on any atom is 0.307 e. The van der Waals surface area contributed by atoms with Gasteiger partial charge in [0.05, 0.1) is 17.0 Å². The molecule has 0 heterocycles. The molecular formula is C15H11Cl2NO4. The van der Waals surface area contributed by atoms with Crippen LogP contribution in [-0.2, 0) is 11.2 Å². The molecule has 0 aromatic heterocycles. The van der Waals surface area contributed by atoms with E-state index in [4.69, 9.17) is 28.3 Å². The van der Waals surface area contributed by atoms with E-state index in [9.17, 15) is 14.7 Å².